The number of aromatic carboxylic acids is 2. The molecule has 0 saturated heterocycles. The first-order valence-electron chi connectivity index (χ1n) is 5.34. The lowest BCUT2D eigenvalue weighted by Gasteiger charge is -2.10. The van der Waals surface area contributed by atoms with Crippen molar-refractivity contribution in [3.63, 3.8) is 0 Å². The first kappa shape index (κ1) is 10.5. The Labute approximate surface area is 102 Å². The van der Waals surface area contributed by atoms with Crippen molar-refractivity contribution < 1.29 is 19.8 Å². The monoisotopic (exact) mass is 240 g/mol. The van der Waals surface area contributed by atoms with Crippen LogP contribution >= 0.6 is 0 Å². The fourth-order valence-electron chi connectivity index (χ4n) is 2.36. The van der Waals surface area contributed by atoms with Crippen molar-refractivity contribution >= 4 is 11.9 Å². The minimum atomic E-state index is -1.12. The number of hydrogen-bond acceptors (Lipinski definition) is 2. The molecule has 2 N–H and O–H groups in total. The van der Waals surface area contributed by atoms with E-state index in [0.717, 1.165) is 5.56 Å². The zero-order valence-electron chi connectivity index (χ0n) is 9.18. The maximum Gasteiger partial charge on any atom is 0.336 e. The molecular weight excluding hydrogens is 232 g/mol. The van der Waals surface area contributed by atoms with E-state index in [9.17, 15) is 19.8 Å². The third-order valence-corrected chi connectivity index (χ3v) is 3.13. The van der Waals surface area contributed by atoms with Crippen molar-refractivity contribution in [2.75, 3.05) is 0 Å². The van der Waals surface area contributed by atoms with Crippen LogP contribution in [0.2, 0.25) is 0 Å². The van der Waals surface area contributed by atoms with Crippen LogP contribution in [0, 0.1) is 0 Å². The molecule has 0 heterocycles. The second kappa shape index (κ2) is 3.43. The lowest BCUT2D eigenvalue weighted by Crippen LogP contribution is -2.07. The number of fused-ring (bicyclic) bond motifs is 2. The normalized spacial score (nSPS) is 11.1. The van der Waals surface area contributed by atoms with E-state index in [2.05, 4.69) is 0 Å². The molecule has 0 unspecified atom stereocenters. The van der Waals surface area contributed by atoms with Crippen LogP contribution in [-0.4, -0.2) is 22.2 Å². The molecule has 4 heteroatoms. The van der Waals surface area contributed by atoms with Crippen LogP contribution in [0.4, 0.5) is 0 Å². The summed E-state index contributed by atoms with van der Waals surface area (Å²) in [4.78, 5) is 22.6. The SMILES string of the molecule is O=C(O)c1ccc2c(C(=O)O)c1-c1ccc-2cc1. The van der Waals surface area contributed by atoms with Gasteiger partial charge in [0.2, 0.25) is 0 Å². The number of benzene rings is 2. The van der Waals surface area contributed by atoms with Crippen LogP contribution in [0.1, 0.15) is 20.7 Å². The van der Waals surface area contributed by atoms with Crippen LogP contribution < -0.4 is 0 Å². The van der Waals surface area contributed by atoms with Crippen LogP contribution in [0.15, 0.2) is 36.4 Å². The van der Waals surface area contributed by atoms with Gasteiger partial charge in [0.25, 0.3) is 0 Å². The quantitative estimate of drug-likeness (QED) is 0.722. The van der Waals surface area contributed by atoms with Gasteiger partial charge in [0.1, 0.15) is 0 Å². The molecule has 2 aliphatic carbocycles. The van der Waals surface area contributed by atoms with Gasteiger partial charge in [-0.1, -0.05) is 30.3 Å². The minimum absolute atomic E-state index is 0.0172. The van der Waals surface area contributed by atoms with Gasteiger partial charge in [0, 0.05) is 5.56 Å². The molecule has 2 aromatic carbocycles. The second-order valence-electron chi connectivity index (χ2n) is 4.10. The summed E-state index contributed by atoms with van der Waals surface area (Å²) >= 11 is 0. The van der Waals surface area contributed by atoms with E-state index in [0.29, 0.717) is 11.1 Å². The highest BCUT2D eigenvalue weighted by Crippen LogP contribution is 2.39. The standard InChI is InChI=1S/C14H8O4/c15-13(16)10-6-5-9-7-1-3-8(4-2-7)11(10)12(9)14(17)18/h1-6H,(H,15,16)(H,17,18). The molecule has 0 aromatic heterocycles. The van der Waals surface area contributed by atoms with Gasteiger partial charge < -0.3 is 10.2 Å². The maximum atomic E-state index is 11.4. The lowest BCUT2D eigenvalue weighted by atomic mass is 9.93. The van der Waals surface area contributed by atoms with Crippen molar-refractivity contribution in [2.24, 2.45) is 0 Å². The molecule has 4 nitrogen and oxygen atoms in total. The Hall–Kier alpha value is -2.62. The topological polar surface area (TPSA) is 74.6 Å². The predicted molar refractivity (Wildman–Crippen MR) is 64.8 cm³/mol. The summed E-state index contributed by atoms with van der Waals surface area (Å²) in [5.74, 6) is -2.23. The summed E-state index contributed by atoms with van der Waals surface area (Å²) in [5, 5.41) is 18.5. The van der Waals surface area contributed by atoms with Crippen LogP contribution in [-0.2, 0) is 0 Å². The highest BCUT2D eigenvalue weighted by Gasteiger charge is 2.26. The fraction of sp³-hybridized carbons (Fsp3) is 0. The van der Waals surface area contributed by atoms with E-state index >= 15 is 0 Å². The van der Waals surface area contributed by atoms with E-state index in [1.807, 2.05) is 0 Å². The molecular formula is C14H8O4. The number of rotatable bonds is 2. The first-order valence-corrected chi connectivity index (χ1v) is 5.34. The van der Waals surface area contributed by atoms with E-state index in [1.54, 1.807) is 30.3 Å². The van der Waals surface area contributed by atoms with E-state index in [-0.39, 0.29) is 16.7 Å². The Morgan fingerprint density at radius 3 is 1.94 bits per heavy atom. The Morgan fingerprint density at radius 2 is 1.39 bits per heavy atom. The third-order valence-electron chi connectivity index (χ3n) is 3.13. The average Bonchev–Trinajstić information content (AvgIpc) is 2.52. The summed E-state index contributed by atoms with van der Waals surface area (Å²) in [6.07, 6.45) is 0. The molecule has 4 bridgehead atoms. The molecule has 2 aromatic rings. The van der Waals surface area contributed by atoms with Gasteiger partial charge in [0.15, 0.2) is 0 Å². The van der Waals surface area contributed by atoms with Crippen LogP contribution in [0.3, 0.4) is 0 Å². The third kappa shape index (κ3) is 1.26. The summed E-state index contributed by atoms with van der Waals surface area (Å²) < 4.78 is 0. The van der Waals surface area contributed by atoms with E-state index in [4.69, 9.17) is 0 Å². The molecule has 0 spiro atoms. The van der Waals surface area contributed by atoms with Gasteiger partial charge in [0.05, 0.1) is 11.1 Å². The van der Waals surface area contributed by atoms with E-state index in [1.165, 1.54) is 6.07 Å². The summed E-state index contributed by atoms with van der Waals surface area (Å²) in [6.45, 7) is 0. The molecule has 2 aliphatic rings. The molecule has 0 atom stereocenters. The summed E-state index contributed by atoms with van der Waals surface area (Å²) in [5.41, 5.74) is 2.33. The lowest BCUT2D eigenvalue weighted by molar-refractivity contribution is 0.0696. The molecule has 0 saturated carbocycles. The fourth-order valence-corrected chi connectivity index (χ4v) is 2.36. The molecule has 88 valence electrons. The van der Waals surface area contributed by atoms with Crippen LogP contribution in [0.5, 0.6) is 0 Å². The Balaban J connectivity index is 2.51. The Kier molecular flexibility index (Phi) is 2.01. The average molecular weight is 240 g/mol. The number of carboxylic acids is 2. The number of hydrogen-bond donors (Lipinski definition) is 2. The van der Waals surface area contributed by atoms with Crippen molar-refractivity contribution in [3.8, 4) is 22.3 Å². The summed E-state index contributed by atoms with van der Waals surface area (Å²) in [6, 6.07) is 10.1. The number of carboxylic acid groups (broad SMARTS) is 2. The maximum absolute atomic E-state index is 11.4. The molecule has 18 heavy (non-hydrogen) atoms. The van der Waals surface area contributed by atoms with Crippen molar-refractivity contribution in [1.29, 1.82) is 0 Å². The molecule has 0 amide bonds. The van der Waals surface area contributed by atoms with Gasteiger partial charge in [-0.25, -0.2) is 9.59 Å². The van der Waals surface area contributed by atoms with Crippen LogP contribution in [0.25, 0.3) is 22.3 Å². The van der Waals surface area contributed by atoms with Gasteiger partial charge in [-0.2, -0.15) is 0 Å². The molecule has 0 fully saturated rings. The Morgan fingerprint density at radius 1 is 0.778 bits per heavy atom. The largest absolute Gasteiger partial charge is 0.478 e. The molecule has 4 rings (SSSR count). The predicted octanol–water partition coefficient (Wildman–Crippen LogP) is 2.73. The number of carbonyl (C=O) groups is 2. The van der Waals surface area contributed by atoms with Crippen molar-refractivity contribution in [2.45, 2.75) is 0 Å². The zero-order valence-corrected chi connectivity index (χ0v) is 9.18. The van der Waals surface area contributed by atoms with Crippen molar-refractivity contribution in [1.82, 2.24) is 0 Å². The second-order valence-corrected chi connectivity index (χ2v) is 4.10. The Bertz CT molecular complexity index is 684. The van der Waals surface area contributed by atoms with Gasteiger partial charge in [-0.3, -0.25) is 0 Å². The van der Waals surface area contributed by atoms with Gasteiger partial charge >= 0.3 is 11.9 Å². The summed E-state index contributed by atoms with van der Waals surface area (Å²) in [7, 11) is 0. The highest BCUT2D eigenvalue weighted by molar-refractivity contribution is 6.10. The molecule has 0 aliphatic heterocycles. The molecule has 0 radical (unpaired) electrons. The van der Waals surface area contributed by atoms with Gasteiger partial charge in [-0.15, -0.1) is 0 Å². The first-order chi connectivity index (χ1) is 8.59. The smallest absolute Gasteiger partial charge is 0.336 e. The minimum Gasteiger partial charge on any atom is -0.478 e. The highest BCUT2D eigenvalue weighted by atomic mass is 16.4. The van der Waals surface area contributed by atoms with Crippen molar-refractivity contribution in [3.05, 3.63) is 47.5 Å². The van der Waals surface area contributed by atoms with Gasteiger partial charge in [-0.05, 0) is 22.8 Å². The zero-order chi connectivity index (χ0) is 12.9. The van der Waals surface area contributed by atoms with E-state index < -0.39 is 11.9 Å².